The number of hydrogen-bond acceptors (Lipinski definition) is 4. The van der Waals surface area contributed by atoms with Crippen LogP contribution >= 0.6 is 0 Å². The molecule has 2 rings (SSSR count). The fourth-order valence-corrected chi connectivity index (χ4v) is 3.00. The van der Waals surface area contributed by atoms with E-state index in [0.29, 0.717) is 12.1 Å². The van der Waals surface area contributed by atoms with Crippen LogP contribution < -0.4 is 4.72 Å². The van der Waals surface area contributed by atoms with Gasteiger partial charge in [-0.05, 0) is 30.2 Å². The molecule has 0 saturated heterocycles. The van der Waals surface area contributed by atoms with Crippen LogP contribution in [0.15, 0.2) is 66.1 Å². The van der Waals surface area contributed by atoms with Crippen LogP contribution in [-0.2, 0) is 16.4 Å². The van der Waals surface area contributed by atoms with E-state index < -0.39 is 14.9 Å². The summed E-state index contributed by atoms with van der Waals surface area (Å²) in [6.45, 7) is 3.64. The highest BCUT2D eigenvalue weighted by Crippen LogP contribution is 2.22. The van der Waals surface area contributed by atoms with Gasteiger partial charge < -0.3 is 0 Å². The Morgan fingerprint density at radius 2 is 1.77 bits per heavy atom. The topological polar surface area (TPSA) is 89.3 Å². The number of allylic oxidation sites excluding steroid dienone is 1. The zero-order chi connectivity index (χ0) is 16.2. The van der Waals surface area contributed by atoms with Gasteiger partial charge in [-0.2, -0.15) is 0 Å². The maximum atomic E-state index is 12.3. The smallest absolute Gasteiger partial charge is 0.269 e. The molecule has 0 saturated carbocycles. The molecule has 0 fully saturated rings. The third-order valence-corrected chi connectivity index (χ3v) is 4.37. The lowest BCUT2D eigenvalue weighted by Crippen LogP contribution is -2.14. The van der Waals surface area contributed by atoms with Crippen molar-refractivity contribution >= 4 is 21.4 Å². The molecule has 0 radical (unpaired) electrons. The highest BCUT2D eigenvalue weighted by Gasteiger charge is 2.17. The van der Waals surface area contributed by atoms with Gasteiger partial charge in [0.25, 0.3) is 15.7 Å². The van der Waals surface area contributed by atoms with Gasteiger partial charge in [-0.3, -0.25) is 14.8 Å². The van der Waals surface area contributed by atoms with E-state index in [1.54, 1.807) is 24.3 Å². The molecule has 0 aromatic heterocycles. The van der Waals surface area contributed by atoms with Crippen LogP contribution in [0, 0.1) is 10.1 Å². The molecule has 1 N–H and O–H groups in total. The summed E-state index contributed by atoms with van der Waals surface area (Å²) in [4.78, 5) is 9.98. The second-order valence-electron chi connectivity index (χ2n) is 4.51. The summed E-state index contributed by atoms with van der Waals surface area (Å²) in [6.07, 6.45) is 2.21. The Labute approximate surface area is 128 Å². The number of para-hydroxylation sites is 1. The molecule has 0 aliphatic carbocycles. The SMILES string of the molecule is C=CCc1ccccc1NS(=O)(=O)c1ccc([N+](=O)[O-])cc1. The van der Waals surface area contributed by atoms with Crippen molar-refractivity contribution < 1.29 is 13.3 Å². The Morgan fingerprint density at radius 3 is 2.36 bits per heavy atom. The number of nitrogens with one attached hydrogen (secondary N) is 1. The van der Waals surface area contributed by atoms with Gasteiger partial charge in [-0.25, -0.2) is 8.42 Å². The quantitative estimate of drug-likeness (QED) is 0.503. The summed E-state index contributed by atoms with van der Waals surface area (Å²) in [7, 11) is -3.80. The number of benzene rings is 2. The fraction of sp³-hybridized carbons (Fsp3) is 0.0667. The van der Waals surface area contributed by atoms with Crippen LogP contribution in [0.2, 0.25) is 0 Å². The van der Waals surface area contributed by atoms with Crippen molar-refractivity contribution in [2.24, 2.45) is 0 Å². The van der Waals surface area contributed by atoms with Crippen molar-refractivity contribution in [1.82, 2.24) is 0 Å². The summed E-state index contributed by atoms with van der Waals surface area (Å²) in [5.74, 6) is 0. The Morgan fingerprint density at radius 1 is 1.14 bits per heavy atom. The molecule has 7 heteroatoms. The Balaban J connectivity index is 2.31. The first-order valence-electron chi connectivity index (χ1n) is 6.40. The molecule has 0 atom stereocenters. The molecule has 0 bridgehead atoms. The lowest BCUT2D eigenvalue weighted by molar-refractivity contribution is -0.384. The molecule has 114 valence electrons. The third kappa shape index (κ3) is 3.50. The first kappa shape index (κ1) is 15.7. The lowest BCUT2D eigenvalue weighted by Gasteiger charge is -2.11. The largest absolute Gasteiger partial charge is 0.279 e. The minimum absolute atomic E-state index is 0.0356. The van der Waals surface area contributed by atoms with Gasteiger partial charge in [0, 0.05) is 12.1 Å². The second-order valence-corrected chi connectivity index (χ2v) is 6.19. The average molecular weight is 318 g/mol. The van der Waals surface area contributed by atoms with Gasteiger partial charge in [-0.1, -0.05) is 24.3 Å². The summed E-state index contributed by atoms with van der Waals surface area (Å²) >= 11 is 0. The van der Waals surface area contributed by atoms with Crippen molar-refractivity contribution in [3.05, 3.63) is 76.9 Å². The average Bonchev–Trinajstić information content (AvgIpc) is 2.49. The number of hydrogen-bond donors (Lipinski definition) is 1. The van der Waals surface area contributed by atoms with Crippen molar-refractivity contribution in [2.75, 3.05) is 4.72 Å². The zero-order valence-electron chi connectivity index (χ0n) is 11.6. The van der Waals surface area contributed by atoms with E-state index >= 15 is 0 Å². The van der Waals surface area contributed by atoms with E-state index in [4.69, 9.17) is 0 Å². The van der Waals surface area contributed by atoms with Gasteiger partial charge in [-0.15, -0.1) is 6.58 Å². The summed E-state index contributed by atoms with van der Waals surface area (Å²) in [5.41, 5.74) is 1.09. The monoisotopic (exact) mass is 318 g/mol. The molecule has 2 aromatic rings. The molecule has 0 aliphatic rings. The van der Waals surface area contributed by atoms with E-state index in [1.807, 2.05) is 6.07 Å². The van der Waals surface area contributed by atoms with Crippen LogP contribution in [0.1, 0.15) is 5.56 Å². The standard InChI is InChI=1S/C15H14N2O4S/c1-2-5-12-6-3-4-7-15(12)16-22(20,21)14-10-8-13(9-11-14)17(18)19/h2-4,6-11,16H,1,5H2. The van der Waals surface area contributed by atoms with Crippen LogP contribution in [0.3, 0.4) is 0 Å². The number of non-ortho nitro benzene ring substituents is 1. The highest BCUT2D eigenvalue weighted by atomic mass is 32.2. The highest BCUT2D eigenvalue weighted by molar-refractivity contribution is 7.92. The molecular weight excluding hydrogens is 304 g/mol. The molecule has 22 heavy (non-hydrogen) atoms. The maximum absolute atomic E-state index is 12.3. The molecule has 0 unspecified atom stereocenters. The van der Waals surface area contributed by atoms with Crippen LogP contribution in [0.25, 0.3) is 0 Å². The zero-order valence-corrected chi connectivity index (χ0v) is 12.4. The number of anilines is 1. The van der Waals surface area contributed by atoms with Crippen LogP contribution in [0.5, 0.6) is 0 Å². The van der Waals surface area contributed by atoms with Gasteiger partial charge in [0.15, 0.2) is 0 Å². The molecule has 0 aliphatic heterocycles. The predicted molar refractivity (Wildman–Crippen MR) is 84.2 cm³/mol. The fourth-order valence-electron chi connectivity index (χ4n) is 1.90. The minimum atomic E-state index is -3.80. The summed E-state index contributed by atoms with van der Waals surface area (Å²) in [6, 6.07) is 11.7. The summed E-state index contributed by atoms with van der Waals surface area (Å²) < 4.78 is 27.2. The third-order valence-electron chi connectivity index (χ3n) is 2.98. The second kappa shape index (κ2) is 6.40. The van der Waals surface area contributed by atoms with E-state index in [9.17, 15) is 18.5 Å². The molecule has 6 nitrogen and oxygen atoms in total. The van der Waals surface area contributed by atoms with Gasteiger partial charge in [0.2, 0.25) is 0 Å². The van der Waals surface area contributed by atoms with Crippen molar-refractivity contribution in [2.45, 2.75) is 11.3 Å². The first-order chi connectivity index (χ1) is 10.4. The van der Waals surface area contributed by atoms with E-state index in [2.05, 4.69) is 11.3 Å². The Kier molecular flexibility index (Phi) is 4.57. The number of nitro benzene ring substituents is 1. The van der Waals surface area contributed by atoms with E-state index in [1.165, 1.54) is 12.1 Å². The molecule has 0 spiro atoms. The number of nitro groups is 1. The van der Waals surface area contributed by atoms with Crippen LogP contribution in [0.4, 0.5) is 11.4 Å². The number of sulfonamides is 1. The molecular formula is C15H14N2O4S. The minimum Gasteiger partial charge on any atom is -0.279 e. The van der Waals surface area contributed by atoms with Gasteiger partial charge in [0.1, 0.15) is 0 Å². The first-order valence-corrected chi connectivity index (χ1v) is 7.88. The predicted octanol–water partition coefficient (Wildman–Crippen LogP) is 3.12. The van der Waals surface area contributed by atoms with Crippen LogP contribution in [-0.4, -0.2) is 13.3 Å². The van der Waals surface area contributed by atoms with Gasteiger partial charge in [0.05, 0.1) is 15.5 Å². The van der Waals surface area contributed by atoms with Crippen molar-refractivity contribution in [3.8, 4) is 0 Å². The number of rotatable bonds is 6. The Hall–Kier alpha value is -2.67. The molecule has 0 heterocycles. The normalized spacial score (nSPS) is 10.9. The van der Waals surface area contributed by atoms with Gasteiger partial charge >= 0.3 is 0 Å². The lowest BCUT2D eigenvalue weighted by atomic mass is 10.1. The van der Waals surface area contributed by atoms with Crippen molar-refractivity contribution in [1.29, 1.82) is 0 Å². The molecule has 0 amide bonds. The van der Waals surface area contributed by atoms with E-state index in [0.717, 1.165) is 17.7 Å². The maximum Gasteiger partial charge on any atom is 0.269 e. The molecule has 2 aromatic carbocycles. The Bertz CT molecular complexity index is 799. The van der Waals surface area contributed by atoms with E-state index in [-0.39, 0.29) is 10.6 Å². The summed E-state index contributed by atoms with van der Waals surface area (Å²) in [5, 5.41) is 10.6. The number of nitrogens with zero attached hydrogens (tertiary/aromatic N) is 1. The van der Waals surface area contributed by atoms with Crippen molar-refractivity contribution in [3.63, 3.8) is 0 Å².